The molecular weight excluding hydrogens is 272 g/mol. The van der Waals surface area contributed by atoms with E-state index in [9.17, 15) is 10.1 Å². The van der Waals surface area contributed by atoms with Crippen LogP contribution in [0.15, 0.2) is 24.3 Å². The van der Waals surface area contributed by atoms with Gasteiger partial charge in [-0.2, -0.15) is 11.8 Å². The van der Waals surface area contributed by atoms with Gasteiger partial charge in [0, 0.05) is 29.5 Å². The molecule has 0 saturated heterocycles. The van der Waals surface area contributed by atoms with E-state index < -0.39 is 0 Å². The second-order valence-corrected chi connectivity index (χ2v) is 6.59. The van der Waals surface area contributed by atoms with Crippen molar-refractivity contribution in [2.75, 3.05) is 6.26 Å². The minimum Gasteiger partial charge on any atom is -0.307 e. The molecule has 0 aliphatic heterocycles. The summed E-state index contributed by atoms with van der Waals surface area (Å²) in [5.74, 6) is 0. The van der Waals surface area contributed by atoms with Crippen molar-refractivity contribution in [1.82, 2.24) is 5.32 Å². The molecule has 1 aliphatic rings. The maximum absolute atomic E-state index is 10.8. The molecule has 1 fully saturated rings. The monoisotopic (exact) mass is 294 g/mol. The van der Waals surface area contributed by atoms with Crippen molar-refractivity contribution in [3.8, 4) is 0 Å². The summed E-state index contributed by atoms with van der Waals surface area (Å²) >= 11 is 1.97. The van der Waals surface area contributed by atoms with E-state index in [1.54, 1.807) is 18.2 Å². The standard InChI is InChI=1S/C15H22N2O2S/c1-11(12-4-3-5-14(10-12)17(18)19)16-13-6-8-15(20-2)9-7-13/h3-5,10-11,13,15-16H,6-9H2,1-2H3. The maximum Gasteiger partial charge on any atom is 0.269 e. The Balaban J connectivity index is 1.93. The number of hydrogen-bond donors (Lipinski definition) is 1. The highest BCUT2D eigenvalue weighted by molar-refractivity contribution is 7.99. The number of benzene rings is 1. The molecular formula is C15H22N2O2S. The SMILES string of the molecule is CSC1CCC(NC(C)c2cccc([N+](=O)[O-])c2)CC1. The van der Waals surface area contributed by atoms with Gasteiger partial charge < -0.3 is 5.32 Å². The Bertz CT molecular complexity index is 459. The van der Waals surface area contributed by atoms with Gasteiger partial charge >= 0.3 is 0 Å². The van der Waals surface area contributed by atoms with Crippen molar-refractivity contribution >= 4 is 17.4 Å². The lowest BCUT2D eigenvalue weighted by molar-refractivity contribution is -0.384. The van der Waals surface area contributed by atoms with Crippen LogP contribution in [0.4, 0.5) is 5.69 Å². The summed E-state index contributed by atoms with van der Waals surface area (Å²) in [6.07, 6.45) is 7.11. The van der Waals surface area contributed by atoms with Crippen LogP contribution in [-0.2, 0) is 0 Å². The summed E-state index contributed by atoms with van der Waals surface area (Å²) in [4.78, 5) is 10.5. The first kappa shape index (κ1) is 15.3. The highest BCUT2D eigenvalue weighted by Gasteiger charge is 2.22. The van der Waals surface area contributed by atoms with E-state index >= 15 is 0 Å². The third kappa shape index (κ3) is 3.96. The molecule has 0 amide bonds. The molecule has 4 nitrogen and oxygen atoms in total. The van der Waals surface area contributed by atoms with Gasteiger partial charge in [-0.25, -0.2) is 0 Å². The number of nitrogens with zero attached hydrogens (tertiary/aromatic N) is 1. The molecule has 20 heavy (non-hydrogen) atoms. The quantitative estimate of drug-likeness (QED) is 0.660. The summed E-state index contributed by atoms with van der Waals surface area (Å²) in [6.45, 7) is 2.08. The molecule has 1 aliphatic carbocycles. The smallest absolute Gasteiger partial charge is 0.269 e. The second kappa shape index (κ2) is 7.09. The van der Waals surface area contributed by atoms with E-state index in [-0.39, 0.29) is 16.7 Å². The van der Waals surface area contributed by atoms with Crippen LogP contribution in [0.25, 0.3) is 0 Å². The number of nitrogens with one attached hydrogen (secondary N) is 1. The van der Waals surface area contributed by atoms with Crippen molar-refractivity contribution in [2.24, 2.45) is 0 Å². The summed E-state index contributed by atoms with van der Waals surface area (Å²) < 4.78 is 0. The third-order valence-corrected chi connectivity index (χ3v) is 5.21. The van der Waals surface area contributed by atoms with Gasteiger partial charge in [-0.1, -0.05) is 12.1 Å². The highest BCUT2D eigenvalue weighted by atomic mass is 32.2. The molecule has 1 N–H and O–H groups in total. The van der Waals surface area contributed by atoms with Gasteiger partial charge in [-0.3, -0.25) is 10.1 Å². The fraction of sp³-hybridized carbons (Fsp3) is 0.600. The molecule has 0 bridgehead atoms. The van der Waals surface area contributed by atoms with Gasteiger partial charge in [0.2, 0.25) is 0 Å². The van der Waals surface area contributed by atoms with Gasteiger partial charge in [0.25, 0.3) is 5.69 Å². The first-order valence-electron chi connectivity index (χ1n) is 7.13. The third-order valence-electron chi connectivity index (χ3n) is 4.07. The number of thioether (sulfide) groups is 1. The second-order valence-electron chi connectivity index (χ2n) is 5.45. The summed E-state index contributed by atoms with van der Waals surface area (Å²) in [7, 11) is 0. The molecule has 0 spiro atoms. The average molecular weight is 294 g/mol. The molecule has 0 heterocycles. The Morgan fingerprint density at radius 3 is 2.65 bits per heavy atom. The van der Waals surface area contributed by atoms with Crippen molar-refractivity contribution in [3.63, 3.8) is 0 Å². The molecule has 2 rings (SSSR count). The topological polar surface area (TPSA) is 55.2 Å². The number of nitro benzene ring substituents is 1. The Morgan fingerprint density at radius 2 is 2.05 bits per heavy atom. The van der Waals surface area contributed by atoms with Crippen LogP contribution in [0.1, 0.15) is 44.2 Å². The van der Waals surface area contributed by atoms with E-state index in [0.717, 1.165) is 10.8 Å². The zero-order valence-electron chi connectivity index (χ0n) is 12.0. The molecule has 1 atom stereocenters. The summed E-state index contributed by atoms with van der Waals surface area (Å²) in [6, 6.07) is 7.62. The highest BCUT2D eigenvalue weighted by Crippen LogP contribution is 2.28. The maximum atomic E-state index is 10.8. The van der Waals surface area contributed by atoms with Crippen molar-refractivity contribution in [1.29, 1.82) is 0 Å². The Kier molecular flexibility index (Phi) is 5.43. The van der Waals surface area contributed by atoms with Crippen LogP contribution in [0.2, 0.25) is 0 Å². The zero-order chi connectivity index (χ0) is 14.5. The molecule has 0 radical (unpaired) electrons. The largest absolute Gasteiger partial charge is 0.307 e. The predicted octanol–water partition coefficient (Wildman–Crippen LogP) is 3.92. The Labute approximate surface area is 124 Å². The molecule has 5 heteroatoms. The molecule has 110 valence electrons. The van der Waals surface area contributed by atoms with Gasteiger partial charge in [0.15, 0.2) is 0 Å². The molecule has 1 aromatic rings. The van der Waals surface area contributed by atoms with E-state index in [2.05, 4.69) is 18.5 Å². The van der Waals surface area contributed by atoms with Crippen LogP contribution < -0.4 is 5.32 Å². The normalized spacial score (nSPS) is 24.3. The zero-order valence-corrected chi connectivity index (χ0v) is 12.9. The number of nitro groups is 1. The van der Waals surface area contributed by atoms with Crippen molar-refractivity contribution in [3.05, 3.63) is 39.9 Å². The predicted molar refractivity (Wildman–Crippen MR) is 84.2 cm³/mol. The van der Waals surface area contributed by atoms with Gasteiger partial charge in [-0.15, -0.1) is 0 Å². The van der Waals surface area contributed by atoms with Crippen LogP contribution in [0.5, 0.6) is 0 Å². The Morgan fingerprint density at radius 1 is 1.35 bits per heavy atom. The first-order valence-corrected chi connectivity index (χ1v) is 8.42. The van der Waals surface area contributed by atoms with Crippen LogP contribution in [0.3, 0.4) is 0 Å². The van der Waals surface area contributed by atoms with E-state index in [4.69, 9.17) is 0 Å². The van der Waals surface area contributed by atoms with Crippen LogP contribution >= 0.6 is 11.8 Å². The molecule has 1 aromatic carbocycles. The summed E-state index contributed by atoms with van der Waals surface area (Å²) in [5, 5.41) is 15.2. The van der Waals surface area contributed by atoms with E-state index in [0.29, 0.717) is 6.04 Å². The van der Waals surface area contributed by atoms with Gasteiger partial charge in [0.1, 0.15) is 0 Å². The molecule has 1 saturated carbocycles. The first-order chi connectivity index (χ1) is 9.60. The van der Waals surface area contributed by atoms with Gasteiger partial charge in [0.05, 0.1) is 4.92 Å². The van der Waals surface area contributed by atoms with Crippen molar-refractivity contribution < 1.29 is 4.92 Å². The van der Waals surface area contributed by atoms with Gasteiger partial charge in [-0.05, 0) is 44.4 Å². The van der Waals surface area contributed by atoms with E-state index in [1.807, 2.05) is 17.8 Å². The lowest BCUT2D eigenvalue weighted by atomic mass is 9.93. The van der Waals surface area contributed by atoms with E-state index in [1.165, 1.54) is 25.7 Å². The number of hydrogen-bond acceptors (Lipinski definition) is 4. The lowest BCUT2D eigenvalue weighted by Gasteiger charge is -2.30. The summed E-state index contributed by atoms with van der Waals surface area (Å²) in [5.41, 5.74) is 1.16. The average Bonchev–Trinajstić information content (AvgIpc) is 2.48. The van der Waals surface area contributed by atoms with Crippen molar-refractivity contribution in [2.45, 2.75) is 49.9 Å². The molecule has 1 unspecified atom stereocenters. The minimum absolute atomic E-state index is 0.158. The lowest BCUT2D eigenvalue weighted by Crippen LogP contribution is -2.35. The van der Waals surface area contributed by atoms with Crippen LogP contribution in [-0.4, -0.2) is 22.5 Å². The fourth-order valence-electron chi connectivity index (χ4n) is 2.82. The van der Waals surface area contributed by atoms with Crippen LogP contribution in [0, 0.1) is 10.1 Å². The minimum atomic E-state index is -0.333. The number of rotatable bonds is 5. The Hall–Kier alpha value is -1.07. The number of non-ortho nitro benzene ring substituents is 1. The fourth-order valence-corrected chi connectivity index (χ4v) is 3.57. The molecule has 0 aromatic heterocycles.